The first-order valence-corrected chi connectivity index (χ1v) is 6.98. The van der Waals surface area contributed by atoms with Crippen molar-refractivity contribution >= 4 is 17.5 Å². The maximum Gasteiger partial charge on any atom is 0.271 e. The van der Waals surface area contributed by atoms with Crippen LogP contribution in [0.5, 0.6) is 0 Å². The van der Waals surface area contributed by atoms with Gasteiger partial charge in [-0.15, -0.1) is 0 Å². The zero-order valence-electron chi connectivity index (χ0n) is 12.6. The number of rotatable bonds is 5. The van der Waals surface area contributed by atoms with E-state index in [2.05, 4.69) is 20.6 Å². The van der Waals surface area contributed by atoms with Crippen LogP contribution in [0.2, 0.25) is 0 Å². The minimum atomic E-state index is -0.337. The quantitative estimate of drug-likeness (QED) is 0.882. The van der Waals surface area contributed by atoms with Gasteiger partial charge in [-0.2, -0.15) is 0 Å². The molecule has 2 aromatic rings. The molecule has 0 spiro atoms. The topological polar surface area (TPSA) is 84.0 Å². The predicted octanol–water partition coefficient (Wildman–Crippen LogP) is 1.85. The van der Waals surface area contributed by atoms with E-state index in [1.165, 1.54) is 12.4 Å². The summed E-state index contributed by atoms with van der Waals surface area (Å²) in [5, 5.41) is 5.41. The Kier molecular flexibility index (Phi) is 5.19. The Morgan fingerprint density at radius 2 is 1.77 bits per heavy atom. The number of hydrogen-bond acceptors (Lipinski definition) is 4. The lowest BCUT2D eigenvalue weighted by Crippen LogP contribution is -2.28. The summed E-state index contributed by atoms with van der Waals surface area (Å²) < 4.78 is 0. The van der Waals surface area contributed by atoms with Crippen molar-refractivity contribution in [2.24, 2.45) is 0 Å². The summed E-state index contributed by atoms with van der Waals surface area (Å²) in [5.41, 5.74) is 2.86. The fraction of sp³-hybridized carbons (Fsp3) is 0.250. The van der Waals surface area contributed by atoms with E-state index in [4.69, 9.17) is 0 Å². The van der Waals surface area contributed by atoms with Crippen LogP contribution in [0.4, 0.5) is 5.69 Å². The van der Waals surface area contributed by atoms with Gasteiger partial charge < -0.3 is 10.6 Å². The number of carbonyl (C=O) groups excluding carboxylic acids is 2. The molecule has 0 saturated heterocycles. The number of aromatic nitrogens is 2. The Balaban J connectivity index is 1.75. The van der Waals surface area contributed by atoms with Crippen molar-refractivity contribution in [3.63, 3.8) is 0 Å². The van der Waals surface area contributed by atoms with E-state index in [0.29, 0.717) is 0 Å². The van der Waals surface area contributed by atoms with Gasteiger partial charge in [0.25, 0.3) is 5.91 Å². The van der Waals surface area contributed by atoms with E-state index in [0.717, 1.165) is 16.9 Å². The van der Waals surface area contributed by atoms with Gasteiger partial charge in [-0.05, 0) is 26.0 Å². The highest BCUT2D eigenvalue weighted by molar-refractivity contribution is 5.93. The normalized spacial score (nSPS) is 10.1. The molecule has 2 amide bonds. The van der Waals surface area contributed by atoms with Crippen LogP contribution in [0.1, 0.15) is 28.2 Å². The van der Waals surface area contributed by atoms with Crippen molar-refractivity contribution in [2.45, 2.75) is 20.3 Å². The molecule has 0 bridgehead atoms. The van der Waals surface area contributed by atoms with Gasteiger partial charge in [-0.25, -0.2) is 4.98 Å². The van der Waals surface area contributed by atoms with E-state index in [-0.39, 0.29) is 30.5 Å². The van der Waals surface area contributed by atoms with Crippen molar-refractivity contribution in [2.75, 3.05) is 11.9 Å². The Hall–Kier alpha value is -2.76. The molecule has 0 aliphatic rings. The maximum atomic E-state index is 11.8. The minimum Gasteiger partial charge on any atom is -0.350 e. The Morgan fingerprint density at radius 3 is 2.41 bits per heavy atom. The second-order valence-electron chi connectivity index (χ2n) is 4.96. The fourth-order valence-corrected chi connectivity index (χ4v) is 1.75. The number of carbonyl (C=O) groups is 2. The molecule has 0 atom stereocenters. The first kappa shape index (κ1) is 15.6. The third-order valence-electron chi connectivity index (χ3n) is 2.99. The molecule has 1 aromatic heterocycles. The van der Waals surface area contributed by atoms with Crippen LogP contribution < -0.4 is 10.6 Å². The smallest absolute Gasteiger partial charge is 0.271 e. The van der Waals surface area contributed by atoms with E-state index in [1.54, 1.807) is 6.92 Å². The number of nitrogens with one attached hydrogen (secondary N) is 2. The molecular weight excluding hydrogens is 280 g/mol. The molecule has 114 valence electrons. The van der Waals surface area contributed by atoms with Crippen molar-refractivity contribution in [3.05, 3.63) is 53.6 Å². The molecule has 6 heteroatoms. The fourth-order valence-electron chi connectivity index (χ4n) is 1.75. The number of hydrogen-bond donors (Lipinski definition) is 2. The highest BCUT2D eigenvalue weighted by Gasteiger charge is 2.08. The Labute approximate surface area is 129 Å². The summed E-state index contributed by atoms with van der Waals surface area (Å²) in [5.74, 6) is -0.491. The molecule has 1 heterocycles. The lowest BCUT2D eigenvalue weighted by molar-refractivity contribution is -0.116. The first-order chi connectivity index (χ1) is 10.5. The van der Waals surface area contributed by atoms with Crippen LogP contribution in [0, 0.1) is 13.8 Å². The van der Waals surface area contributed by atoms with E-state index >= 15 is 0 Å². The summed E-state index contributed by atoms with van der Waals surface area (Å²) in [7, 11) is 0. The van der Waals surface area contributed by atoms with E-state index in [9.17, 15) is 9.59 Å². The molecule has 22 heavy (non-hydrogen) atoms. The average Bonchev–Trinajstić information content (AvgIpc) is 2.50. The molecule has 6 nitrogen and oxygen atoms in total. The molecule has 0 fully saturated rings. The third kappa shape index (κ3) is 4.66. The van der Waals surface area contributed by atoms with E-state index < -0.39 is 0 Å². The molecule has 0 aliphatic carbocycles. The minimum absolute atomic E-state index is 0.154. The predicted molar refractivity (Wildman–Crippen MR) is 83.5 cm³/mol. The van der Waals surface area contributed by atoms with Gasteiger partial charge in [0.05, 0.1) is 11.9 Å². The zero-order valence-corrected chi connectivity index (χ0v) is 12.6. The van der Waals surface area contributed by atoms with Crippen molar-refractivity contribution < 1.29 is 9.59 Å². The second-order valence-corrected chi connectivity index (χ2v) is 4.96. The number of aryl methyl sites for hydroxylation is 2. The maximum absolute atomic E-state index is 11.8. The van der Waals surface area contributed by atoms with Gasteiger partial charge >= 0.3 is 0 Å². The largest absolute Gasteiger partial charge is 0.350 e. The van der Waals surface area contributed by atoms with Crippen molar-refractivity contribution in [1.82, 2.24) is 15.3 Å². The van der Waals surface area contributed by atoms with Gasteiger partial charge in [-0.3, -0.25) is 14.6 Å². The lowest BCUT2D eigenvalue weighted by Gasteiger charge is -2.07. The lowest BCUT2D eigenvalue weighted by atomic mass is 10.2. The van der Waals surface area contributed by atoms with Crippen LogP contribution in [0.25, 0.3) is 0 Å². The highest BCUT2D eigenvalue weighted by Crippen LogP contribution is 2.08. The Morgan fingerprint density at radius 1 is 1.05 bits per heavy atom. The van der Waals surface area contributed by atoms with Gasteiger partial charge in [0, 0.05) is 24.8 Å². The van der Waals surface area contributed by atoms with Gasteiger partial charge in [0.15, 0.2) is 0 Å². The molecule has 2 N–H and O–H groups in total. The van der Waals surface area contributed by atoms with Crippen molar-refractivity contribution in [1.29, 1.82) is 0 Å². The number of amides is 2. The van der Waals surface area contributed by atoms with Crippen LogP contribution >= 0.6 is 0 Å². The zero-order chi connectivity index (χ0) is 15.9. The van der Waals surface area contributed by atoms with E-state index in [1.807, 2.05) is 31.2 Å². The highest BCUT2D eigenvalue weighted by atomic mass is 16.2. The molecule has 0 radical (unpaired) electrons. The summed E-state index contributed by atoms with van der Waals surface area (Å²) in [6.45, 7) is 4.02. The SMILES string of the molecule is Cc1ccc(NC(=O)CCNC(=O)c2cnc(C)cn2)cc1. The first-order valence-electron chi connectivity index (χ1n) is 6.98. The van der Waals surface area contributed by atoms with Crippen LogP contribution in [0.15, 0.2) is 36.7 Å². The van der Waals surface area contributed by atoms with Crippen LogP contribution in [-0.4, -0.2) is 28.3 Å². The summed E-state index contributed by atoms with van der Waals surface area (Å²) >= 11 is 0. The molecule has 0 saturated carbocycles. The monoisotopic (exact) mass is 298 g/mol. The van der Waals surface area contributed by atoms with Crippen LogP contribution in [0.3, 0.4) is 0 Å². The number of benzene rings is 1. The van der Waals surface area contributed by atoms with Gasteiger partial charge in [-0.1, -0.05) is 17.7 Å². The molecule has 0 unspecified atom stereocenters. The summed E-state index contributed by atoms with van der Waals surface area (Å²) in [6, 6.07) is 7.53. The van der Waals surface area contributed by atoms with Crippen molar-refractivity contribution in [3.8, 4) is 0 Å². The standard InChI is InChI=1S/C16H18N4O2/c1-11-3-5-13(6-4-11)20-15(21)7-8-17-16(22)14-10-18-12(2)9-19-14/h3-6,9-10H,7-8H2,1-2H3,(H,17,22)(H,20,21). The molecule has 1 aromatic carbocycles. The molecule has 0 aliphatic heterocycles. The van der Waals surface area contributed by atoms with Gasteiger partial charge in [0.2, 0.25) is 5.91 Å². The number of nitrogens with zero attached hydrogens (tertiary/aromatic N) is 2. The third-order valence-corrected chi connectivity index (χ3v) is 2.99. The van der Waals surface area contributed by atoms with Crippen LogP contribution in [-0.2, 0) is 4.79 Å². The summed E-state index contributed by atoms with van der Waals surface area (Å²) in [4.78, 5) is 31.5. The molecule has 2 rings (SSSR count). The number of anilines is 1. The summed E-state index contributed by atoms with van der Waals surface area (Å²) in [6.07, 6.45) is 3.13. The van der Waals surface area contributed by atoms with Gasteiger partial charge in [0.1, 0.15) is 5.69 Å². The average molecular weight is 298 g/mol. The second kappa shape index (κ2) is 7.31. The Bertz CT molecular complexity index is 651. The molecular formula is C16H18N4O2.